The van der Waals surface area contributed by atoms with Crippen LogP contribution in [0.4, 0.5) is 8.78 Å². The molecule has 4 nitrogen and oxygen atoms in total. The molecule has 1 aromatic carbocycles. The minimum Gasteiger partial charge on any atom is -0.481 e. The minimum absolute atomic E-state index is 0.0366. The molecule has 2 N–H and O–H groups in total. The lowest BCUT2D eigenvalue weighted by atomic mass is 10.1. The van der Waals surface area contributed by atoms with Crippen molar-refractivity contribution in [2.75, 3.05) is 6.54 Å². The van der Waals surface area contributed by atoms with Gasteiger partial charge in [0.05, 0.1) is 12.8 Å². The van der Waals surface area contributed by atoms with Gasteiger partial charge in [0, 0.05) is 12.1 Å². The molecule has 1 amide bonds. The number of carboxylic acid groups (broad SMARTS) is 1. The fourth-order valence-electron chi connectivity index (χ4n) is 1.22. The van der Waals surface area contributed by atoms with E-state index in [2.05, 4.69) is 5.32 Å². The second-order valence-corrected chi connectivity index (χ2v) is 3.41. The Morgan fingerprint density at radius 2 is 2.00 bits per heavy atom. The molecule has 0 aliphatic heterocycles. The zero-order valence-corrected chi connectivity index (χ0v) is 8.87. The number of benzene rings is 1. The SMILES string of the molecule is O=C(O)CCNC(=O)Cc1cc(F)ccc1F. The normalized spacial score (nSPS) is 10.0. The fraction of sp³-hybridized carbons (Fsp3) is 0.273. The van der Waals surface area contributed by atoms with Crippen LogP contribution in [0.3, 0.4) is 0 Å². The molecule has 0 heterocycles. The Bertz CT molecular complexity index is 435. The van der Waals surface area contributed by atoms with Gasteiger partial charge in [-0.3, -0.25) is 9.59 Å². The van der Waals surface area contributed by atoms with Gasteiger partial charge < -0.3 is 10.4 Å². The Kier molecular flexibility index (Phi) is 4.56. The standard InChI is InChI=1S/C11H11F2NO3/c12-8-1-2-9(13)7(5-8)6-10(15)14-4-3-11(16)17/h1-2,5H,3-4,6H2,(H,14,15)(H,16,17). The monoisotopic (exact) mass is 243 g/mol. The quantitative estimate of drug-likeness (QED) is 0.813. The molecule has 0 saturated carbocycles. The summed E-state index contributed by atoms with van der Waals surface area (Å²) >= 11 is 0. The lowest BCUT2D eigenvalue weighted by Crippen LogP contribution is -2.27. The van der Waals surface area contributed by atoms with Crippen LogP contribution in [-0.2, 0) is 16.0 Å². The minimum atomic E-state index is -1.04. The smallest absolute Gasteiger partial charge is 0.305 e. The first kappa shape index (κ1) is 13.1. The number of carbonyl (C=O) groups excluding carboxylic acids is 1. The topological polar surface area (TPSA) is 66.4 Å². The molecule has 1 aromatic rings. The molecular weight excluding hydrogens is 232 g/mol. The van der Waals surface area contributed by atoms with Gasteiger partial charge in [-0.15, -0.1) is 0 Å². The lowest BCUT2D eigenvalue weighted by molar-refractivity contribution is -0.136. The third kappa shape index (κ3) is 4.58. The van der Waals surface area contributed by atoms with E-state index in [1.165, 1.54) is 0 Å². The number of halogens is 2. The molecule has 6 heteroatoms. The summed E-state index contributed by atoms with van der Waals surface area (Å²) in [7, 11) is 0. The molecule has 1 rings (SSSR count). The van der Waals surface area contributed by atoms with Crippen molar-refractivity contribution in [1.82, 2.24) is 5.32 Å². The predicted molar refractivity (Wildman–Crippen MR) is 55.3 cm³/mol. The summed E-state index contributed by atoms with van der Waals surface area (Å²) in [5, 5.41) is 10.6. The maximum atomic E-state index is 13.1. The van der Waals surface area contributed by atoms with Crippen molar-refractivity contribution in [3.05, 3.63) is 35.4 Å². The summed E-state index contributed by atoms with van der Waals surface area (Å²) in [6.45, 7) is -0.0366. The molecule has 0 saturated heterocycles. The Labute approximate surface area is 96.3 Å². The molecule has 0 radical (unpaired) electrons. The van der Waals surface area contributed by atoms with E-state index in [0.717, 1.165) is 18.2 Å². The first-order valence-corrected chi connectivity index (χ1v) is 4.91. The molecule has 0 aliphatic carbocycles. The number of rotatable bonds is 5. The molecule has 17 heavy (non-hydrogen) atoms. The number of carbonyl (C=O) groups is 2. The van der Waals surface area contributed by atoms with Gasteiger partial charge in [0.1, 0.15) is 11.6 Å². The highest BCUT2D eigenvalue weighted by Crippen LogP contribution is 2.10. The summed E-state index contributed by atoms with van der Waals surface area (Å²) in [5.41, 5.74) is -0.0576. The van der Waals surface area contributed by atoms with Crippen molar-refractivity contribution in [2.24, 2.45) is 0 Å². The van der Waals surface area contributed by atoms with Crippen molar-refractivity contribution in [3.8, 4) is 0 Å². The Hall–Kier alpha value is -1.98. The van der Waals surface area contributed by atoms with E-state index in [1.807, 2.05) is 0 Å². The maximum Gasteiger partial charge on any atom is 0.305 e. The van der Waals surface area contributed by atoms with Crippen molar-refractivity contribution in [3.63, 3.8) is 0 Å². The number of hydrogen-bond donors (Lipinski definition) is 2. The average molecular weight is 243 g/mol. The number of nitrogens with one attached hydrogen (secondary N) is 1. The van der Waals surface area contributed by atoms with Gasteiger partial charge in [-0.05, 0) is 18.2 Å². The van der Waals surface area contributed by atoms with Crippen LogP contribution in [0.25, 0.3) is 0 Å². The van der Waals surface area contributed by atoms with E-state index in [4.69, 9.17) is 5.11 Å². The summed E-state index contributed by atoms with van der Waals surface area (Å²) in [6.07, 6.45) is -0.527. The van der Waals surface area contributed by atoms with Crippen LogP contribution in [0, 0.1) is 11.6 Å². The zero-order valence-electron chi connectivity index (χ0n) is 8.87. The van der Waals surface area contributed by atoms with Crippen LogP contribution >= 0.6 is 0 Å². The van der Waals surface area contributed by atoms with E-state index >= 15 is 0 Å². The molecule has 0 aromatic heterocycles. The highest BCUT2D eigenvalue weighted by molar-refractivity contribution is 5.79. The van der Waals surface area contributed by atoms with Crippen LogP contribution in [0.15, 0.2) is 18.2 Å². The summed E-state index contributed by atoms with van der Waals surface area (Å²) in [6, 6.07) is 2.84. The van der Waals surface area contributed by atoms with Crippen LogP contribution in [0.1, 0.15) is 12.0 Å². The largest absolute Gasteiger partial charge is 0.481 e. The van der Waals surface area contributed by atoms with Gasteiger partial charge in [-0.1, -0.05) is 0 Å². The van der Waals surface area contributed by atoms with E-state index in [-0.39, 0.29) is 24.9 Å². The van der Waals surface area contributed by atoms with Gasteiger partial charge in [0.15, 0.2) is 0 Å². The summed E-state index contributed by atoms with van der Waals surface area (Å²) in [5.74, 6) is -2.88. The number of hydrogen-bond acceptors (Lipinski definition) is 2. The van der Waals surface area contributed by atoms with Crippen molar-refractivity contribution < 1.29 is 23.5 Å². The van der Waals surface area contributed by atoms with E-state index in [1.54, 1.807) is 0 Å². The first-order valence-electron chi connectivity index (χ1n) is 4.91. The van der Waals surface area contributed by atoms with Gasteiger partial charge in [-0.25, -0.2) is 8.78 Å². The highest BCUT2D eigenvalue weighted by Gasteiger charge is 2.09. The third-order valence-corrected chi connectivity index (χ3v) is 2.02. The van der Waals surface area contributed by atoms with Crippen LogP contribution < -0.4 is 5.32 Å². The van der Waals surface area contributed by atoms with E-state index in [0.29, 0.717) is 0 Å². The molecule has 0 spiro atoms. The Morgan fingerprint density at radius 1 is 1.29 bits per heavy atom. The third-order valence-electron chi connectivity index (χ3n) is 2.02. The molecule has 0 unspecified atom stereocenters. The molecule has 92 valence electrons. The lowest BCUT2D eigenvalue weighted by Gasteiger charge is -2.04. The maximum absolute atomic E-state index is 13.1. The second-order valence-electron chi connectivity index (χ2n) is 3.41. The molecule has 0 fully saturated rings. The Morgan fingerprint density at radius 3 is 2.65 bits per heavy atom. The second kappa shape index (κ2) is 5.93. The van der Waals surface area contributed by atoms with E-state index in [9.17, 15) is 18.4 Å². The van der Waals surface area contributed by atoms with Gasteiger partial charge >= 0.3 is 5.97 Å². The predicted octanol–water partition coefficient (Wildman–Crippen LogP) is 1.10. The fourth-order valence-corrected chi connectivity index (χ4v) is 1.22. The van der Waals surface area contributed by atoms with Crippen molar-refractivity contribution >= 4 is 11.9 Å². The molecule has 0 atom stereocenters. The number of aliphatic carboxylic acids is 1. The summed E-state index contributed by atoms with van der Waals surface area (Å²) < 4.78 is 25.9. The van der Waals surface area contributed by atoms with Crippen LogP contribution in [-0.4, -0.2) is 23.5 Å². The van der Waals surface area contributed by atoms with Gasteiger partial charge in [-0.2, -0.15) is 0 Å². The summed E-state index contributed by atoms with van der Waals surface area (Å²) in [4.78, 5) is 21.4. The van der Waals surface area contributed by atoms with Gasteiger partial charge in [0.25, 0.3) is 0 Å². The highest BCUT2D eigenvalue weighted by atomic mass is 19.1. The average Bonchev–Trinajstić information content (AvgIpc) is 2.23. The Balaban J connectivity index is 2.50. The zero-order chi connectivity index (χ0) is 12.8. The van der Waals surface area contributed by atoms with Crippen molar-refractivity contribution in [2.45, 2.75) is 12.8 Å². The molecule has 0 aliphatic rings. The van der Waals surface area contributed by atoms with Crippen LogP contribution in [0.5, 0.6) is 0 Å². The van der Waals surface area contributed by atoms with Crippen molar-refractivity contribution in [1.29, 1.82) is 0 Å². The van der Waals surface area contributed by atoms with E-state index < -0.39 is 23.5 Å². The number of amides is 1. The van der Waals surface area contributed by atoms with Gasteiger partial charge in [0.2, 0.25) is 5.91 Å². The molecule has 0 bridgehead atoms. The van der Waals surface area contributed by atoms with Crippen LogP contribution in [0.2, 0.25) is 0 Å². The number of carboxylic acids is 1. The first-order chi connectivity index (χ1) is 7.99. The molecular formula is C11H11F2NO3.